The first kappa shape index (κ1) is 136. The van der Waals surface area contributed by atoms with Crippen LogP contribution in [0.3, 0.4) is 0 Å². The topological polar surface area (TPSA) is 179 Å². The van der Waals surface area contributed by atoms with Crippen molar-refractivity contribution in [3.63, 3.8) is 0 Å². The van der Waals surface area contributed by atoms with Crippen molar-refractivity contribution in [3.05, 3.63) is 0 Å². The maximum atomic E-state index is 14.7. The summed E-state index contributed by atoms with van der Waals surface area (Å²) >= 11 is 0. The predicted octanol–water partition coefficient (Wildman–Crippen LogP) is 23.8. The minimum Gasteiger partial charge on any atom is -0.460 e. The van der Waals surface area contributed by atoms with Crippen molar-refractivity contribution in [3.8, 4) is 0 Å². The van der Waals surface area contributed by atoms with E-state index in [1.807, 2.05) is 9.47 Å². The van der Waals surface area contributed by atoms with Crippen molar-refractivity contribution in [2.45, 2.75) is 234 Å². The van der Waals surface area contributed by atoms with E-state index in [1.165, 1.54) is 9.47 Å². The monoisotopic (exact) mass is 2230 g/mol. The molecule has 0 aliphatic carbocycles. The summed E-state index contributed by atoms with van der Waals surface area (Å²) in [4.78, 5) is 46.3. The van der Waals surface area contributed by atoms with Gasteiger partial charge in [0.15, 0.2) is 0 Å². The van der Waals surface area contributed by atoms with Crippen LogP contribution in [0.4, 0.5) is 303 Å². The summed E-state index contributed by atoms with van der Waals surface area (Å²) in [5.74, 6) is -114. The van der Waals surface area contributed by atoms with Gasteiger partial charge in [-0.2, -0.15) is 277 Å². The van der Waals surface area contributed by atoms with Crippen LogP contribution in [-0.2, 0) is 76.0 Å². The number of ether oxygens (including phenoxy) is 12. The minimum absolute atomic E-state index is 0.144. The first-order chi connectivity index (χ1) is 58.7. The molecule has 137 heavy (non-hydrogen) atoms. The third-order valence-corrected chi connectivity index (χ3v) is 14.6. The van der Waals surface area contributed by atoms with E-state index in [0.29, 0.717) is 14.0 Å². The molecular weight excluding hydrogens is 2190 g/mol. The average Bonchev–Trinajstić information content (AvgIpc) is 0.731. The molecule has 0 rings (SSSR count). The van der Waals surface area contributed by atoms with Gasteiger partial charge in [-0.3, -0.25) is 28.4 Å². The molecule has 0 saturated carbocycles. The Kier molecular flexibility index (Phi) is 41.3. The summed E-state index contributed by atoms with van der Waals surface area (Å²) in [5.41, 5.74) is -9.13. The highest BCUT2D eigenvalue weighted by Crippen LogP contribution is 2.61. The molecule has 0 spiro atoms. The number of rotatable bonds is 40. The van der Waals surface area contributed by atoms with Crippen LogP contribution in [0.25, 0.3) is 0 Å². The molecule has 0 aliphatic heterocycles. The lowest BCUT2D eigenvalue weighted by Gasteiger charge is -2.41. The Labute approximate surface area is 702 Å². The fraction of sp³-hybridized carbons (Fsp3) is 0.923. The van der Waals surface area contributed by atoms with Crippen LogP contribution < -0.4 is 0 Å². The largest absolute Gasteiger partial charge is 0.522 e. The van der Waals surface area contributed by atoms with E-state index in [1.54, 1.807) is 0 Å². The first-order valence-corrected chi connectivity index (χ1v) is 31.2. The number of hydrogen-bond acceptors (Lipinski definition) is 16. The normalized spacial score (nSPS) is 17.7. The minimum atomic E-state index is -8.04. The molecular formula is C52H35F69O16. The summed E-state index contributed by atoms with van der Waals surface area (Å²) in [6.45, 7) is -13.6. The highest BCUT2D eigenvalue weighted by atomic mass is 19.5. The molecule has 0 aromatic rings. The third kappa shape index (κ3) is 29.7. The molecule has 0 bridgehead atoms. The predicted molar refractivity (Wildman–Crippen MR) is 276 cm³/mol. The molecule has 0 saturated heterocycles. The molecule has 0 amide bonds. The van der Waals surface area contributed by atoms with Crippen LogP contribution >= 0.6 is 0 Å². The summed E-state index contributed by atoms with van der Waals surface area (Å²) < 4.78 is 917. The Morgan fingerprint density at radius 3 is 0.642 bits per heavy atom. The Hall–Kier alpha value is -7.27. The molecule has 0 aliphatic rings. The number of alkyl halides is 69. The fourth-order valence-electron chi connectivity index (χ4n) is 6.96. The van der Waals surface area contributed by atoms with Gasteiger partial charge in [0.2, 0.25) is 5.41 Å². The smallest absolute Gasteiger partial charge is 0.460 e. The van der Waals surface area contributed by atoms with Gasteiger partial charge in [0, 0.05) is 33.5 Å². The quantitative estimate of drug-likeness (QED) is 0.0321. The second-order valence-electron chi connectivity index (χ2n) is 24.9. The van der Waals surface area contributed by atoms with Gasteiger partial charge in [0.1, 0.15) is 19.8 Å². The maximum absolute atomic E-state index is 14.7. The Morgan fingerprint density at radius 1 is 0.226 bits per heavy atom. The van der Waals surface area contributed by atoms with Crippen LogP contribution in [0.5, 0.6) is 0 Å². The molecule has 822 valence electrons. The number of carbonyl (C=O) groups excluding carboxylic acids is 4. The second-order valence-corrected chi connectivity index (χ2v) is 24.9. The van der Waals surface area contributed by atoms with Crippen LogP contribution in [0.2, 0.25) is 0 Å². The van der Waals surface area contributed by atoms with Gasteiger partial charge in [-0.05, 0) is 6.42 Å². The molecule has 0 N–H and O–H groups in total. The van der Waals surface area contributed by atoms with Gasteiger partial charge in [-0.1, -0.05) is 20.8 Å². The van der Waals surface area contributed by atoms with Gasteiger partial charge in [-0.25, -0.2) is 19.2 Å². The standard InChI is InChI=1S/C18H7F27O6.C18H12F22O7.C8H7F11O2.C8H9F9O/c1-2-6(11(25,26)27,3-48-4(46)7(19,12(28,29)30)50-17(42,43)9(21,22)14(34,35)36)16(40,41)49-5(47)8(20,13(31,32)33)51-18(44,45)10(23,24)15(37,38)39;1-8(3-43-2,4-44-6(41)9(19,13(25,26)27)46-17(37,38)11(21,22)15(31,32)33)5-45-7(42)10(20,14(28,29)30)47-18(39,40)12(23,24)16(34,35)36;1-20-7(15,16)6(13,14)5(11,12)4(9,10)2-3-21-8(17,18)19;1-2-5(9,10)7(13,14)6(11,12)3-4-18-8(15,16)17/h2-3H2,1H3;3-5H2,1-2H3;2-3H2,1H3;2-4H2,1H3. The van der Waals surface area contributed by atoms with Crippen LogP contribution in [0.1, 0.15) is 46.5 Å². The lowest BCUT2D eigenvalue weighted by Crippen LogP contribution is -2.64. The summed E-state index contributed by atoms with van der Waals surface area (Å²) in [7, 11) is 0.354. The van der Waals surface area contributed by atoms with Crippen molar-refractivity contribution in [2.24, 2.45) is 10.8 Å². The average molecular weight is 2230 g/mol. The van der Waals surface area contributed by atoms with E-state index in [-0.39, 0.29) is 14.0 Å². The fourth-order valence-corrected chi connectivity index (χ4v) is 6.96. The molecule has 0 aromatic heterocycles. The summed E-state index contributed by atoms with van der Waals surface area (Å²) in [5, 5.41) is 0. The SMILES string of the molecule is CCC(COC(=O)C(F)(OC(F)(F)C(F)(F)C(F)(F)F)C(F)(F)F)(C(F)(F)F)C(F)(F)OC(=O)C(F)(OC(F)(F)C(F)(F)C(F)(F)F)C(F)(F)F.CCC(F)(F)C(F)(F)C(F)(F)CCOC(F)(F)F.COC(F)(F)C(F)(F)C(F)(F)C(F)(F)CCOC(F)(F)F.COCC(C)(COC(=O)C(F)(OC(F)(F)C(F)(F)C(F)(F)F)C(F)(F)F)COC(=O)C(F)(OC(F)(F)C(F)(F)C(F)(F)F)C(F)(F)F. The van der Waals surface area contributed by atoms with Crippen molar-refractivity contribution in [2.75, 3.05) is 53.9 Å². The highest BCUT2D eigenvalue weighted by molar-refractivity contribution is 5.81. The number of halogens is 69. The lowest BCUT2D eigenvalue weighted by molar-refractivity contribution is -0.479. The first-order valence-electron chi connectivity index (χ1n) is 31.2. The van der Waals surface area contributed by atoms with Crippen LogP contribution in [-0.4, -0.2) is 265 Å². The molecule has 0 heterocycles. The molecule has 0 fully saturated rings. The van der Waals surface area contributed by atoms with Crippen molar-refractivity contribution >= 4 is 23.9 Å². The highest BCUT2D eigenvalue weighted by Gasteiger charge is 2.87. The van der Waals surface area contributed by atoms with Crippen molar-refractivity contribution in [1.29, 1.82) is 0 Å². The zero-order chi connectivity index (χ0) is 112. The van der Waals surface area contributed by atoms with E-state index in [2.05, 4.69) is 37.9 Å². The zero-order valence-corrected chi connectivity index (χ0v) is 63.2. The van der Waals surface area contributed by atoms with E-state index in [4.69, 9.17) is 0 Å². The van der Waals surface area contributed by atoms with E-state index in [0.717, 1.165) is 0 Å². The van der Waals surface area contributed by atoms with Crippen LogP contribution in [0, 0.1) is 10.8 Å². The summed E-state index contributed by atoms with van der Waals surface area (Å²) in [6.07, 6.45) is -133. The van der Waals surface area contributed by atoms with Gasteiger partial charge in [0.25, 0.3) is 0 Å². The van der Waals surface area contributed by atoms with Crippen LogP contribution in [0.15, 0.2) is 0 Å². The number of methoxy groups -OCH3 is 2. The van der Waals surface area contributed by atoms with Crippen molar-refractivity contribution in [1.82, 2.24) is 0 Å². The van der Waals surface area contributed by atoms with Crippen molar-refractivity contribution < 1.29 is 379 Å². The number of hydrogen-bond donors (Lipinski definition) is 0. The number of carbonyl (C=O) groups is 4. The molecule has 85 heteroatoms. The number of esters is 4. The maximum Gasteiger partial charge on any atom is 0.522 e. The van der Waals surface area contributed by atoms with Gasteiger partial charge >= 0.3 is 211 Å². The molecule has 5 unspecified atom stereocenters. The summed E-state index contributed by atoms with van der Waals surface area (Å²) in [6, 6.07) is 0. The lowest BCUT2D eigenvalue weighted by atomic mass is 9.83. The second kappa shape index (κ2) is 41.6. The van der Waals surface area contributed by atoms with E-state index in [9.17, 15) is 322 Å². The Morgan fingerprint density at radius 2 is 0.453 bits per heavy atom. The van der Waals surface area contributed by atoms with Gasteiger partial charge in [-0.15, -0.1) is 26.3 Å². The third-order valence-electron chi connectivity index (χ3n) is 14.6. The Bertz CT molecular complexity index is 3790. The van der Waals surface area contributed by atoms with Gasteiger partial charge < -0.3 is 28.4 Å². The van der Waals surface area contributed by atoms with E-state index < -0.39 is 295 Å². The zero-order valence-electron chi connectivity index (χ0n) is 63.2. The molecule has 0 radical (unpaired) electrons. The molecule has 0 aromatic carbocycles. The van der Waals surface area contributed by atoms with Gasteiger partial charge in [0.05, 0.1) is 25.2 Å². The molecule has 16 nitrogen and oxygen atoms in total. The van der Waals surface area contributed by atoms with E-state index >= 15 is 0 Å². The molecule has 5 atom stereocenters. The Balaban J connectivity index is -0.000000936.